The number of rotatable bonds is 7. The Morgan fingerprint density at radius 1 is 0.682 bits per heavy atom. The fourth-order valence-electron chi connectivity index (χ4n) is 0.957. The van der Waals surface area contributed by atoms with Gasteiger partial charge in [-0.1, -0.05) is 0 Å². The maximum atomic E-state index is 10.8. The van der Waals surface area contributed by atoms with Crippen LogP contribution in [0.15, 0.2) is 0 Å². The molecule has 10 nitrogen and oxygen atoms in total. The normalized spacial score (nSPS) is 9.18. The van der Waals surface area contributed by atoms with Crippen LogP contribution in [0.5, 0.6) is 0 Å². The fraction of sp³-hybridized carbons (Fsp3) is 0.600. The van der Waals surface area contributed by atoms with E-state index in [9.17, 15) is 19.2 Å². The average molecular weight is 371 g/mol. The van der Waals surface area contributed by atoms with E-state index in [2.05, 4.69) is 19.4 Å². The van der Waals surface area contributed by atoms with E-state index in [1.807, 2.05) is 0 Å². The van der Waals surface area contributed by atoms with Gasteiger partial charge in [-0.15, -0.1) is 0 Å². The van der Waals surface area contributed by atoms with Crippen LogP contribution in [-0.2, 0) is 55.6 Å². The molecule has 1 radical (unpaired) electrons. The second-order valence-electron chi connectivity index (χ2n) is 3.44. The zero-order chi connectivity index (χ0) is 15.7. The van der Waals surface area contributed by atoms with Gasteiger partial charge in [0.15, 0.2) is 0 Å². The van der Waals surface area contributed by atoms with E-state index in [4.69, 9.17) is 0 Å². The van der Waals surface area contributed by atoms with Crippen molar-refractivity contribution in [2.24, 2.45) is 0 Å². The third kappa shape index (κ3) is 15.7. The van der Waals surface area contributed by atoms with Crippen LogP contribution in [0.3, 0.4) is 0 Å². The van der Waals surface area contributed by atoms with Gasteiger partial charge in [0, 0.05) is 55.2 Å². The summed E-state index contributed by atoms with van der Waals surface area (Å²) in [5.41, 5.74) is 0. The van der Waals surface area contributed by atoms with Crippen LogP contribution in [0.1, 0.15) is 29.1 Å². The van der Waals surface area contributed by atoms with Gasteiger partial charge in [0.2, 0.25) is 0 Å². The molecule has 0 N–H and O–H groups in total. The van der Waals surface area contributed by atoms with Gasteiger partial charge in [-0.25, -0.2) is 0 Å². The first-order valence-corrected chi connectivity index (χ1v) is 5.50. The van der Waals surface area contributed by atoms with Crippen LogP contribution in [-0.4, -0.2) is 47.4 Å². The van der Waals surface area contributed by atoms with Crippen molar-refractivity contribution in [2.75, 3.05) is 13.1 Å². The van der Waals surface area contributed by atoms with E-state index in [1.165, 1.54) is 0 Å². The molecule has 22 heavy (non-hydrogen) atoms. The number of hydroxylamine groups is 4. The second kappa shape index (κ2) is 13.9. The molecule has 0 fully saturated rings. The number of carbonyl (C=O) groups excluding carboxylic acids is 4. The zero-order valence-electron chi connectivity index (χ0n) is 14.0. The molecule has 0 atom stereocenters. The van der Waals surface area contributed by atoms with Crippen molar-refractivity contribution in [3.05, 3.63) is 0 Å². The van der Waals surface area contributed by atoms with Gasteiger partial charge in [0.25, 0.3) is 0 Å². The Morgan fingerprint density at radius 3 is 1.00 bits per heavy atom. The topological polar surface area (TPSA) is 112 Å². The molecule has 123 valence electrons. The molecular formula is C10H17MnN2NaO8. The second-order valence-corrected chi connectivity index (χ2v) is 3.44. The van der Waals surface area contributed by atoms with Crippen molar-refractivity contribution in [3.63, 3.8) is 0 Å². The number of nitrogens with zero attached hydrogens (tertiary/aromatic N) is 2. The minimum absolute atomic E-state index is 0. The molecule has 0 aromatic carbocycles. The van der Waals surface area contributed by atoms with Gasteiger partial charge in [0.1, 0.15) is 0 Å². The van der Waals surface area contributed by atoms with Crippen LogP contribution in [0.4, 0.5) is 0 Å². The Bertz CT molecular complexity index is 333. The first kappa shape index (κ1) is 26.2. The SMILES string of the molecule is CC(=O)ON(CCN(OC(C)=O)OC(C)=O)OC(C)=O.[H-].[Mn].[Na+]. The van der Waals surface area contributed by atoms with E-state index in [-0.39, 0.29) is 61.1 Å². The van der Waals surface area contributed by atoms with Crippen LogP contribution in [0, 0.1) is 0 Å². The summed E-state index contributed by atoms with van der Waals surface area (Å²) in [5, 5.41) is 1.15. The van der Waals surface area contributed by atoms with Gasteiger partial charge in [-0.05, 0) is 0 Å². The number of hydrogen-bond donors (Lipinski definition) is 0. The Balaban J connectivity index is -0.000000602. The van der Waals surface area contributed by atoms with Crippen molar-refractivity contribution in [1.82, 2.24) is 10.5 Å². The summed E-state index contributed by atoms with van der Waals surface area (Å²) < 4.78 is 0. The molecule has 0 aliphatic rings. The van der Waals surface area contributed by atoms with E-state index < -0.39 is 23.9 Å². The molecule has 0 saturated heterocycles. The summed E-state index contributed by atoms with van der Waals surface area (Å²) in [4.78, 5) is 61.4. The third-order valence-electron chi connectivity index (χ3n) is 1.39. The summed E-state index contributed by atoms with van der Waals surface area (Å²) in [6, 6.07) is 0. The maximum Gasteiger partial charge on any atom is 1.00 e. The molecular weight excluding hydrogens is 354 g/mol. The first-order chi connectivity index (χ1) is 9.20. The number of carbonyl (C=O) groups is 4. The molecule has 0 spiro atoms. The van der Waals surface area contributed by atoms with Gasteiger partial charge in [0.05, 0.1) is 13.1 Å². The van der Waals surface area contributed by atoms with Crippen molar-refractivity contribution in [3.8, 4) is 0 Å². The predicted molar refractivity (Wildman–Crippen MR) is 61.6 cm³/mol. The van der Waals surface area contributed by atoms with Gasteiger partial charge < -0.3 is 20.8 Å². The van der Waals surface area contributed by atoms with Gasteiger partial charge in [-0.3, -0.25) is 19.2 Å². The Morgan fingerprint density at radius 2 is 0.864 bits per heavy atom. The van der Waals surface area contributed by atoms with Crippen LogP contribution in [0.25, 0.3) is 0 Å². The summed E-state index contributed by atoms with van der Waals surface area (Å²) in [7, 11) is 0. The van der Waals surface area contributed by atoms with Crippen LogP contribution >= 0.6 is 0 Å². The molecule has 0 saturated carbocycles. The average Bonchev–Trinajstić information content (AvgIpc) is 2.22. The van der Waals surface area contributed by atoms with E-state index >= 15 is 0 Å². The Kier molecular flexibility index (Phi) is 16.6. The van der Waals surface area contributed by atoms with Gasteiger partial charge in [-0.2, -0.15) is 0 Å². The largest absolute Gasteiger partial charge is 1.00 e. The Labute approximate surface area is 161 Å². The summed E-state index contributed by atoms with van der Waals surface area (Å²) in [6.45, 7) is 3.97. The predicted octanol–water partition coefficient (Wildman–Crippen LogP) is -3.38. The monoisotopic (exact) mass is 371 g/mol. The van der Waals surface area contributed by atoms with E-state index in [1.54, 1.807) is 0 Å². The molecule has 0 aromatic heterocycles. The maximum absolute atomic E-state index is 10.8. The molecule has 0 unspecified atom stereocenters. The summed E-state index contributed by atoms with van der Waals surface area (Å²) in [5.74, 6) is -2.90. The fourth-order valence-corrected chi connectivity index (χ4v) is 0.957. The molecule has 0 aromatic rings. The first-order valence-electron chi connectivity index (χ1n) is 5.50. The van der Waals surface area contributed by atoms with E-state index in [0.29, 0.717) is 10.5 Å². The van der Waals surface area contributed by atoms with Crippen molar-refractivity contribution in [1.29, 1.82) is 0 Å². The van der Waals surface area contributed by atoms with E-state index in [0.717, 1.165) is 27.7 Å². The molecule has 0 bridgehead atoms. The summed E-state index contributed by atoms with van der Waals surface area (Å²) in [6.07, 6.45) is 0. The molecule has 0 heterocycles. The van der Waals surface area contributed by atoms with Crippen molar-refractivity contribution >= 4 is 23.9 Å². The quantitative estimate of drug-likeness (QED) is 0.332. The minimum Gasteiger partial charge on any atom is -1.00 e. The van der Waals surface area contributed by atoms with Crippen LogP contribution in [0.2, 0.25) is 0 Å². The van der Waals surface area contributed by atoms with Gasteiger partial charge >= 0.3 is 53.4 Å². The standard InChI is InChI=1S/C10H16N2O8.Mn.Na.H/c1-7(13)17-11(18-8(2)14)5-6-12(19-9(3)15)20-10(4)16;;;/h5-6H2,1-4H3;;;/q;;+1;-1. The Hall–Kier alpha value is -0.681. The number of hydrogen-bond acceptors (Lipinski definition) is 10. The van der Waals surface area contributed by atoms with Crippen molar-refractivity contribution < 1.29 is 86.6 Å². The zero-order valence-corrected chi connectivity index (χ0v) is 16.1. The third-order valence-corrected chi connectivity index (χ3v) is 1.39. The van der Waals surface area contributed by atoms with Crippen molar-refractivity contribution in [2.45, 2.75) is 27.7 Å². The molecule has 0 rings (SSSR count). The molecule has 0 aliphatic carbocycles. The molecule has 12 heteroatoms. The molecule has 0 amide bonds. The smallest absolute Gasteiger partial charge is 1.00 e. The van der Waals surface area contributed by atoms with Crippen LogP contribution < -0.4 is 29.6 Å². The summed E-state index contributed by atoms with van der Waals surface area (Å²) >= 11 is 0. The molecule has 0 aliphatic heterocycles. The minimum atomic E-state index is -0.724.